The van der Waals surface area contributed by atoms with Crippen molar-refractivity contribution in [3.63, 3.8) is 0 Å². The monoisotopic (exact) mass is 322 g/mol. The van der Waals surface area contributed by atoms with Crippen LogP contribution in [0.15, 0.2) is 40.9 Å². The number of nitrogens with two attached hydrogens (primary N) is 1. The summed E-state index contributed by atoms with van der Waals surface area (Å²) in [5.41, 5.74) is 7.17. The van der Waals surface area contributed by atoms with E-state index in [0.717, 1.165) is 10.0 Å². The molecule has 98 valence electrons. The van der Waals surface area contributed by atoms with Crippen molar-refractivity contribution in [1.82, 2.24) is 0 Å². The molecule has 0 saturated carbocycles. The number of halogens is 2. The van der Waals surface area contributed by atoms with Crippen molar-refractivity contribution >= 4 is 33.2 Å². The number of benzene rings is 2. The molecule has 0 aliphatic rings. The predicted octanol–water partition coefficient (Wildman–Crippen LogP) is 3.73. The number of anilines is 2. The minimum Gasteiger partial charge on any atom is -0.399 e. The number of amides is 1. The molecule has 0 heterocycles. The van der Waals surface area contributed by atoms with Gasteiger partial charge in [-0.25, -0.2) is 4.39 Å². The van der Waals surface area contributed by atoms with E-state index in [1.807, 2.05) is 13.0 Å². The van der Waals surface area contributed by atoms with Gasteiger partial charge in [-0.3, -0.25) is 4.79 Å². The molecule has 0 aromatic heterocycles. The number of carbonyl (C=O) groups excluding carboxylic acids is 1. The number of hydrogen-bond acceptors (Lipinski definition) is 2. The normalized spacial score (nSPS) is 10.3. The number of nitrogens with one attached hydrogen (secondary N) is 1. The lowest BCUT2D eigenvalue weighted by atomic mass is 10.1. The van der Waals surface area contributed by atoms with Gasteiger partial charge in [0.15, 0.2) is 0 Å². The highest BCUT2D eigenvalue weighted by Gasteiger charge is 2.12. The molecule has 3 nitrogen and oxygen atoms in total. The van der Waals surface area contributed by atoms with Crippen LogP contribution in [-0.2, 0) is 0 Å². The molecule has 2 rings (SSSR count). The Labute approximate surface area is 118 Å². The molecule has 0 saturated heterocycles. The van der Waals surface area contributed by atoms with Gasteiger partial charge in [0.2, 0.25) is 0 Å². The first-order valence-corrected chi connectivity index (χ1v) is 6.40. The van der Waals surface area contributed by atoms with Gasteiger partial charge in [-0.1, -0.05) is 22.0 Å². The Bertz CT molecular complexity index is 643. The Kier molecular flexibility index (Phi) is 3.85. The zero-order chi connectivity index (χ0) is 14.0. The summed E-state index contributed by atoms with van der Waals surface area (Å²) in [5.74, 6) is -0.913. The van der Waals surface area contributed by atoms with Gasteiger partial charge in [-0.2, -0.15) is 0 Å². The van der Waals surface area contributed by atoms with Crippen molar-refractivity contribution in [3.05, 3.63) is 57.8 Å². The van der Waals surface area contributed by atoms with E-state index in [1.54, 1.807) is 12.1 Å². The van der Waals surface area contributed by atoms with Crippen LogP contribution >= 0.6 is 15.9 Å². The molecule has 19 heavy (non-hydrogen) atoms. The summed E-state index contributed by atoms with van der Waals surface area (Å²) in [5, 5.41) is 2.53. The van der Waals surface area contributed by atoms with Crippen LogP contribution in [0.3, 0.4) is 0 Å². The minimum atomic E-state index is -0.555. The molecule has 0 bridgehead atoms. The van der Waals surface area contributed by atoms with Gasteiger partial charge in [-0.15, -0.1) is 0 Å². The number of rotatable bonds is 2. The Hall–Kier alpha value is -1.88. The third-order valence-electron chi connectivity index (χ3n) is 2.75. The van der Waals surface area contributed by atoms with Crippen LogP contribution in [0.1, 0.15) is 15.9 Å². The molecule has 0 aliphatic heterocycles. The number of nitrogen functional groups attached to an aromatic ring is 1. The van der Waals surface area contributed by atoms with Crippen LogP contribution in [0, 0.1) is 12.7 Å². The number of hydrogen-bond donors (Lipinski definition) is 2. The van der Waals surface area contributed by atoms with Gasteiger partial charge in [0.1, 0.15) is 5.82 Å². The van der Waals surface area contributed by atoms with Gasteiger partial charge in [0.25, 0.3) is 5.91 Å². The minimum absolute atomic E-state index is 0.110. The summed E-state index contributed by atoms with van der Waals surface area (Å²) in [6.45, 7) is 1.82. The van der Waals surface area contributed by atoms with Crippen molar-refractivity contribution < 1.29 is 9.18 Å². The summed E-state index contributed by atoms with van der Waals surface area (Å²) < 4.78 is 14.4. The lowest BCUT2D eigenvalue weighted by Crippen LogP contribution is -2.14. The van der Waals surface area contributed by atoms with E-state index in [4.69, 9.17) is 5.73 Å². The Morgan fingerprint density at radius 1 is 1.32 bits per heavy atom. The molecule has 5 heteroatoms. The topological polar surface area (TPSA) is 55.1 Å². The van der Waals surface area contributed by atoms with Crippen LogP contribution in [0.2, 0.25) is 0 Å². The fourth-order valence-corrected chi connectivity index (χ4v) is 2.04. The highest BCUT2D eigenvalue weighted by Crippen LogP contribution is 2.22. The molecule has 1 amide bonds. The molecule has 0 fully saturated rings. The number of carbonyl (C=O) groups is 1. The average Bonchev–Trinajstić information content (AvgIpc) is 2.36. The highest BCUT2D eigenvalue weighted by molar-refractivity contribution is 9.10. The zero-order valence-corrected chi connectivity index (χ0v) is 11.8. The van der Waals surface area contributed by atoms with E-state index in [1.165, 1.54) is 18.2 Å². The first-order valence-electron chi connectivity index (χ1n) is 5.60. The second-order valence-electron chi connectivity index (χ2n) is 4.11. The fourth-order valence-electron chi connectivity index (χ4n) is 1.68. The maximum atomic E-state index is 13.6. The maximum Gasteiger partial charge on any atom is 0.256 e. The molecule has 2 aromatic carbocycles. The first-order chi connectivity index (χ1) is 8.99. The van der Waals surface area contributed by atoms with Gasteiger partial charge in [0, 0.05) is 15.7 Å². The third kappa shape index (κ3) is 2.93. The largest absolute Gasteiger partial charge is 0.399 e. The molecule has 2 aromatic rings. The zero-order valence-electron chi connectivity index (χ0n) is 10.2. The van der Waals surface area contributed by atoms with Gasteiger partial charge >= 0.3 is 0 Å². The van der Waals surface area contributed by atoms with E-state index in [9.17, 15) is 9.18 Å². The molecule has 0 radical (unpaired) electrons. The van der Waals surface area contributed by atoms with E-state index >= 15 is 0 Å². The van der Waals surface area contributed by atoms with Gasteiger partial charge < -0.3 is 11.1 Å². The van der Waals surface area contributed by atoms with Gasteiger partial charge in [-0.05, 0) is 42.8 Å². The van der Waals surface area contributed by atoms with Crippen molar-refractivity contribution in [3.8, 4) is 0 Å². The molecular weight excluding hydrogens is 311 g/mol. The second kappa shape index (κ2) is 5.40. The van der Waals surface area contributed by atoms with Crippen LogP contribution < -0.4 is 11.1 Å². The molecular formula is C14H12BrFN2O. The van der Waals surface area contributed by atoms with E-state index in [0.29, 0.717) is 11.3 Å². The summed E-state index contributed by atoms with van der Waals surface area (Å²) in [7, 11) is 0. The standard InChI is InChI=1S/C14H12BrFN2O/c1-8-10(3-2-4-11(8)15)14(19)18-13-6-5-9(17)7-12(13)16/h2-7H,17H2,1H3,(H,18,19). The molecule has 0 unspecified atom stereocenters. The molecule has 0 spiro atoms. The predicted molar refractivity (Wildman–Crippen MR) is 77.6 cm³/mol. The quantitative estimate of drug-likeness (QED) is 0.828. The SMILES string of the molecule is Cc1c(Br)cccc1C(=O)Nc1ccc(N)cc1F. The summed E-state index contributed by atoms with van der Waals surface area (Å²) in [6, 6.07) is 9.43. The third-order valence-corrected chi connectivity index (χ3v) is 3.61. The summed E-state index contributed by atoms with van der Waals surface area (Å²) in [6.07, 6.45) is 0. The summed E-state index contributed by atoms with van der Waals surface area (Å²) in [4.78, 5) is 12.1. The molecule has 3 N–H and O–H groups in total. The lowest BCUT2D eigenvalue weighted by Gasteiger charge is -2.09. The van der Waals surface area contributed by atoms with Crippen LogP contribution in [0.5, 0.6) is 0 Å². The van der Waals surface area contributed by atoms with E-state index < -0.39 is 5.82 Å². The second-order valence-corrected chi connectivity index (χ2v) is 4.96. The van der Waals surface area contributed by atoms with Crippen molar-refractivity contribution in [1.29, 1.82) is 0 Å². The van der Waals surface area contributed by atoms with Crippen LogP contribution in [-0.4, -0.2) is 5.91 Å². The van der Waals surface area contributed by atoms with Gasteiger partial charge in [0.05, 0.1) is 5.69 Å². The lowest BCUT2D eigenvalue weighted by molar-refractivity contribution is 0.102. The van der Waals surface area contributed by atoms with Crippen LogP contribution in [0.25, 0.3) is 0 Å². The van der Waals surface area contributed by atoms with Crippen molar-refractivity contribution in [2.75, 3.05) is 11.1 Å². The van der Waals surface area contributed by atoms with Crippen molar-refractivity contribution in [2.24, 2.45) is 0 Å². The Balaban J connectivity index is 2.28. The smallest absolute Gasteiger partial charge is 0.256 e. The highest BCUT2D eigenvalue weighted by atomic mass is 79.9. The average molecular weight is 323 g/mol. The Morgan fingerprint density at radius 3 is 2.74 bits per heavy atom. The summed E-state index contributed by atoms with van der Waals surface area (Å²) >= 11 is 3.35. The van der Waals surface area contributed by atoms with Crippen LogP contribution in [0.4, 0.5) is 15.8 Å². The first kappa shape index (κ1) is 13.5. The molecule has 0 atom stereocenters. The van der Waals surface area contributed by atoms with E-state index in [-0.39, 0.29) is 11.6 Å². The Morgan fingerprint density at radius 2 is 2.05 bits per heavy atom. The fraction of sp³-hybridized carbons (Fsp3) is 0.0714. The van der Waals surface area contributed by atoms with E-state index in [2.05, 4.69) is 21.2 Å². The maximum absolute atomic E-state index is 13.6. The molecule has 0 aliphatic carbocycles. The van der Waals surface area contributed by atoms with Crippen molar-refractivity contribution in [2.45, 2.75) is 6.92 Å².